The Balaban J connectivity index is 1.58. The van der Waals surface area contributed by atoms with Crippen molar-refractivity contribution in [1.82, 2.24) is 14.7 Å². The highest BCUT2D eigenvalue weighted by molar-refractivity contribution is 5.94. The van der Waals surface area contributed by atoms with E-state index in [-0.39, 0.29) is 11.5 Å². The summed E-state index contributed by atoms with van der Waals surface area (Å²) in [6, 6.07) is 11.0. The number of nitrogens with zero attached hydrogens (tertiary/aromatic N) is 4. The molecule has 26 heavy (non-hydrogen) atoms. The third-order valence-electron chi connectivity index (χ3n) is 4.96. The third kappa shape index (κ3) is 4.12. The predicted octanol–water partition coefficient (Wildman–Crippen LogP) is 2.17. The molecule has 1 amide bonds. The first-order valence-electron chi connectivity index (χ1n) is 9.05. The van der Waals surface area contributed by atoms with Crippen molar-refractivity contribution in [3.05, 3.63) is 58.0 Å². The summed E-state index contributed by atoms with van der Waals surface area (Å²) in [7, 11) is 3.96. The van der Waals surface area contributed by atoms with Crippen LogP contribution in [-0.4, -0.2) is 47.8 Å². The molecule has 0 unspecified atom stereocenters. The fourth-order valence-corrected chi connectivity index (χ4v) is 3.33. The summed E-state index contributed by atoms with van der Waals surface area (Å²) in [5, 5.41) is 4.31. The van der Waals surface area contributed by atoms with Crippen LogP contribution in [0.1, 0.15) is 28.9 Å². The van der Waals surface area contributed by atoms with Gasteiger partial charge in [0.05, 0.1) is 5.69 Å². The molecule has 0 atom stereocenters. The highest BCUT2D eigenvalue weighted by Gasteiger charge is 2.24. The summed E-state index contributed by atoms with van der Waals surface area (Å²) in [6.07, 6.45) is 1.78. The molecule has 1 aliphatic heterocycles. The Morgan fingerprint density at radius 3 is 2.38 bits per heavy atom. The van der Waals surface area contributed by atoms with Crippen LogP contribution in [0.3, 0.4) is 0 Å². The van der Waals surface area contributed by atoms with E-state index in [4.69, 9.17) is 0 Å². The van der Waals surface area contributed by atoms with Crippen molar-refractivity contribution in [2.24, 2.45) is 5.92 Å². The highest BCUT2D eigenvalue weighted by Crippen LogP contribution is 2.21. The van der Waals surface area contributed by atoms with Crippen LogP contribution in [0.4, 0.5) is 5.69 Å². The van der Waals surface area contributed by atoms with Crippen molar-refractivity contribution in [3.8, 4) is 0 Å². The molecule has 1 aromatic heterocycles. The average Bonchev–Trinajstić information content (AvgIpc) is 2.65. The molecule has 0 aliphatic carbocycles. The van der Waals surface area contributed by atoms with Crippen molar-refractivity contribution in [2.45, 2.75) is 26.3 Å². The Kier molecular flexibility index (Phi) is 5.40. The smallest absolute Gasteiger partial charge is 0.266 e. The van der Waals surface area contributed by atoms with Crippen molar-refractivity contribution in [1.29, 1.82) is 0 Å². The number of hydrogen-bond acceptors (Lipinski definition) is 4. The molecule has 1 saturated heterocycles. The summed E-state index contributed by atoms with van der Waals surface area (Å²) in [5.41, 5.74) is 2.59. The monoisotopic (exact) mass is 354 g/mol. The van der Waals surface area contributed by atoms with Crippen LogP contribution in [-0.2, 0) is 6.54 Å². The molecule has 0 N–H and O–H groups in total. The zero-order valence-corrected chi connectivity index (χ0v) is 15.7. The second-order valence-corrected chi connectivity index (χ2v) is 7.17. The van der Waals surface area contributed by atoms with Gasteiger partial charge in [0.2, 0.25) is 0 Å². The molecule has 138 valence electrons. The fraction of sp³-hybridized carbons (Fsp3) is 0.450. The van der Waals surface area contributed by atoms with Gasteiger partial charge in [0.15, 0.2) is 0 Å². The Labute approximate surface area is 154 Å². The van der Waals surface area contributed by atoms with Gasteiger partial charge in [-0.2, -0.15) is 5.10 Å². The predicted molar refractivity (Wildman–Crippen MR) is 103 cm³/mol. The zero-order valence-electron chi connectivity index (χ0n) is 15.7. The highest BCUT2D eigenvalue weighted by atomic mass is 16.2. The second-order valence-electron chi connectivity index (χ2n) is 7.17. The summed E-state index contributed by atoms with van der Waals surface area (Å²) in [4.78, 5) is 28.5. The molecule has 0 bridgehead atoms. The lowest BCUT2D eigenvalue weighted by Gasteiger charge is -2.32. The quantitative estimate of drug-likeness (QED) is 0.844. The van der Waals surface area contributed by atoms with Crippen LogP contribution in [0.25, 0.3) is 0 Å². The normalized spacial score (nSPS) is 15.1. The van der Waals surface area contributed by atoms with E-state index in [9.17, 15) is 9.59 Å². The lowest BCUT2D eigenvalue weighted by atomic mass is 9.96. The van der Waals surface area contributed by atoms with Crippen molar-refractivity contribution < 1.29 is 4.79 Å². The van der Waals surface area contributed by atoms with Gasteiger partial charge in [-0.1, -0.05) is 0 Å². The van der Waals surface area contributed by atoms with Gasteiger partial charge in [-0.15, -0.1) is 0 Å². The SMILES string of the molecule is Cc1ccc(=O)n(CC2CCN(C(=O)c3ccc(N(C)C)cc3)CC2)n1. The maximum absolute atomic E-state index is 12.7. The molecule has 1 fully saturated rings. The summed E-state index contributed by atoms with van der Waals surface area (Å²) in [5.74, 6) is 0.460. The number of aromatic nitrogens is 2. The van der Waals surface area contributed by atoms with Crippen LogP contribution in [0.15, 0.2) is 41.2 Å². The second kappa shape index (κ2) is 7.72. The van der Waals surface area contributed by atoms with E-state index >= 15 is 0 Å². The first-order chi connectivity index (χ1) is 12.4. The summed E-state index contributed by atoms with van der Waals surface area (Å²) in [6.45, 7) is 3.96. The van der Waals surface area contributed by atoms with E-state index in [0.717, 1.165) is 42.9 Å². The number of anilines is 1. The molecule has 6 nitrogen and oxygen atoms in total. The van der Waals surface area contributed by atoms with Crippen LogP contribution < -0.4 is 10.5 Å². The maximum Gasteiger partial charge on any atom is 0.266 e. The van der Waals surface area contributed by atoms with Gasteiger partial charge >= 0.3 is 0 Å². The van der Waals surface area contributed by atoms with Gasteiger partial charge in [0.25, 0.3) is 11.5 Å². The van der Waals surface area contributed by atoms with E-state index in [1.165, 1.54) is 0 Å². The minimum Gasteiger partial charge on any atom is -0.378 e. The number of benzene rings is 1. The number of likely N-dealkylation sites (tertiary alicyclic amines) is 1. The fourth-order valence-electron chi connectivity index (χ4n) is 3.33. The number of amides is 1. The first kappa shape index (κ1) is 18.2. The largest absolute Gasteiger partial charge is 0.378 e. The molecule has 0 spiro atoms. The van der Waals surface area contributed by atoms with Crippen LogP contribution in [0.5, 0.6) is 0 Å². The van der Waals surface area contributed by atoms with Crippen LogP contribution >= 0.6 is 0 Å². The lowest BCUT2D eigenvalue weighted by molar-refractivity contribution is 0.0680. The summed E-state index contributed by atoms with van der Waals surface area (Å²) >= 11 is 0. The molecule has 1 aromatic carbocycles. The Bertz CT molecular complexity index is 818. The molecular weight excluding hydrogens is 328 g/mol. The van der Waals surface area contributed by atoms with E-state index < -0.39 is 0 Å². The molecule has 2 aromatic rings. The first-order valence-corrected chi connectivity index (χ1v) is 9.05. The van der Waals surface area contributed by atoms with E-state index in [2.05, 4.69) is 5.10 Å². The molecule has 2 heterocycles. The number of rotatable bonds is 4. The number of carbonyl (C=O) groups is 1. The van der Waals surface area contributed by atoms with Crippen molar-refractivity contribution in [2.75, 3.05) is 32.1 Å². The zero-order chi connectivity index (χ0) is 18.7. The number of piperidine rings is 1. The Morgan fingerprint density at radius 2 is 1.77 bits per heavy atom. The van der Waals surface area contributed by atoms with Gasteiger partial charge in [0.1, 0.15) is 0 Å². The summed E-state index contributed by atoms with van der Waals surface area (Å²) < 4.78 is 1.55. The third-order valence-corrected chi connectivity index (χ3v) is 4.96. The van der Waals surface area contributed by atoms with Crippen molar-refractivity contribution in [3.63, 3.8) is 0 Å². The molecule has 6 heteroatoms. The number of carbonyl (C=O) groups excluding carboxylic acids is 1. The van der Waals surface area contributed by atoms with Gasteiger partial charge in [0, 0.05) is 51.0 Å². The minimum absolute atomic E-state index is 0.0601. The molecule has 1 aliphatic rings. The van der Waals surface area contributed by atoms with Crippen molar-refractivity contribution >= 4 is 11.6 Å². The van der Waals surface area contributed by atoms with Gasteiger partial charge in [-0.05, 0) is 56.0 Å². The molecular formula is C20H26N4O2. The van der Waals surface area contributed by atoms with E-state index in [1.54, 1.807) is 16.8 Å². The number of aryl methyl sites for hydroxylation is 1. The van der Waals surface area contributed by atoms with Gasteiger partial charge < -0.3 is 9.80 Å². The Hall–Kier alpha value is -2.63. The van der Waals surface area contributed by atoms with Crippen LogP contribution in [0.2, 0.25) is 0 Å². The average molecular weight is 354 g/mol. The lowest BCUT2D eigenvalue weighted by Crippen LogP contribution is -2.40. The Morgan fingerprint density at radius 1 is 1.12 bits per heavy atom. The van der Waals surface area contributed by atoms with Crippen LogP contribution in [0, 0.1) is 12.8 Å². The van der Waals surface area contributed by atoms with E-state index in [0.29, 0.717) is 12.5 Å². The van der Waals surface area contributed by atoms with E-state index in [1.807, 2.05) is 55.1 Å². The molecule has 0 saturated carbocycles. The molecule has 3 rings (SSSR count). The van der Waals surface area contributed by atoms with Gasteiger partial charge in [-0.25, -0.2) is 4.68 Å². The maximum atomic E-state index is 12.7. The topological polar surface area (TPSA) is 58.4 Å². The van der Waals surface area contributed by atoms with Gasteiger partial charge in [-0.3, -0.25) is 9.59 Å². The minimum atomic E-state index is -0.0601. The molecule has 0 radical (unpaired) electrons. The number of hydrogen-bond donors (Lipinski definition) is 0. The standard InChI is InChI=1S/C20H26N4O2/c1-15-4-9-19(25)24(21-15)14-16-10-12-23(13-11-16)20(26)17-5-7-18(8-6-17)22(2)3/h4-9,16H,10-14H2,1-3H3.